The summed E-state index contributed by atoms with van der Waals surface area (Å²) >= 11 is 0. The molecule has 34 heavy (non-hydrogen) atoms. The Balaban J connectivity index is 1.57. The van der Waals surface area contributed by atoms with Crippen LogP contribution in [0.3, 0.4) is 0 Å². The number of hydrogen-bond donors (Lipinski definition) is 3. The van der Waals surface area contributed by atoms with Crippen LogP contribution < -0.4 is 9.80 Å². The van der Waals surface area contributed by atoms with Crippen LogP contribution in [0.25, 0.3) is 0 Å². The van der Waals surface area contributed by atoms with Gasteiger partial charge in [-0.2, -0.15) is 0 Å². The third-order valence-corrected chi connectivity index (χ3v) is 7.59. The average molecular weight is 465 g/mol. The zero-order valence-electron chi connectivity index (χ0n) is 20.3. The van der Waals surface area contributed by atoms with Gasteiger partial charge in [-0.15, -0.1) is 0 Å². The molecule has 2 aliphatic rings. The van der Waals surface area contributed by atoms with Gasteiger partial charge in [-0.3, -0.25) is 14.2 Å². The standard InChI is InChI=1S/C27H33N3O4/c1-18(24(32)28-22(25(33)34)16-19-8-6-5-7-9-19)12-13-27-14-15-29(2)26(27)30(3,4)23-11-10-20(31)17-21(23)27/h5-12,17,22,26H,13-16H2,1-4H3,(H2-,28,31,32,33,34)/p+1/b18-12+/t22-,26+,27-/m0/s1. The van der Waals surface area contributed by atoms with E-state index in [0.717, 1.165) is 24.1 Å². The molecule has 0 radical (unpaired) electrons. The number of allylic oxidation sites excluding steroid dienone is 1. The molecule has 3 atom stereocenters. The number of aliphatic carboxylic acids is 1. The number of hydrogen-bond acceptors (Lipinski definition) is 4. The Morgan fingerprint density at radius 3 is 2.62 bits per heavy atom. The Labute approximate surface area is 200 Å². The van der Waals surface area contributed by atoms with Crippen LogP contribution in [0.1, 0.15) is 30.9 Å². The summed E-state index contributed by atoms with van der Waals surface area (Å²) in [5, 5.41) is 22.6. The molecule has 1 saturated heterocycles. The molecule has 7 heteroatoms. The second-order valence-electron chi connectivity index (χ2n) is 10.1. The summed E-state index contributed by atoms with van der Waals surface area (Å²) in [6.45, 7) is 2.66. The first-order valence-electron chi connectivity index (χ1n) is 11.7. The Hall–Kier alpha value is -3.16. The number of nitrogens with zero attached hydrogens (tertiary/aromatic N) is 2. The van der Waals surface area contributed by atoms with Gasteiger partial charge in [0.2, 0.25) is 5.91 Å². The summed E-state index contributed by atoms with van der Waals surface area (Å²) in [5.74, 6) is -1.18. The predicted octanol–water partition coefficient (Wildman–Crippen LogP) is 3.02. The molecule has 2 heterocycles. The van der Waals surface area contributed by atoms with Gasteiger partial charge in [-0.1, -0.05) is 36.4 Å². The van der Waals surface area contributed by atoms with Gasteiger partial charge < -0.3 is 15.5 Å². The molecule has 2 aliphatic heterocycles. The summed E-state index contributed by atoms with van der Waals surface area (Å²) in [7, 11) is 6.51. The van der Waals surface area contributed by atoms with E-state index in [1.807, 2.05) is 48.5 Å². The molecule has 0 spiro atoms. The van der Waals surface area contributed by atoms with Crippen molar-refractivity contribution >= 4 is 17.6 Å². The maximum Gasteiger partial charge on any atom is 0.326 e. The molecule has 0 bridgehead atoms. The van der Waals surface area contributed by atoms with Gasteiger partial charge in [-0.05, 0) is 44.5 Å². The number of carboxylic acids is 1. The molecule has 0 aliphatic carbocycles. The first-order chi connectivity index (χ1) is 16.1. The number of nitrogens with one attached hydrogen (secondary N) is 1. The fourth-order valence-electron chi connectivity index (χ4n) is 6.06. The third-order valence-electron chi connectivity index (χ3n) is 7.59. The highest BCUT2D eigenvalue weighted by Crippen LogP contribution is 2.56. The van der Waals surface area contributed by atoms with Crippen LogP contribution in [-0.2, 0) is 21.4 Å². The number of rotatable bonds is 7. The number of fused-ring (bicyclic) bond motifs is 3. The van der Waals surface area contributed by atoms with E-state index in [4.69, 9.17) is 0 Å². The number of likely N-dealkylation sites (tertiary alicyclic amines) is 1. The maximum absolute atomic E-state index is 12.9. The second-order valence-corrected chi connectivity index (χ2v) is 10.1. The number of amides is 1. The molecule has 0 saturated carbocycles. The van der Waals surface area contributed by atoms with Crippen molar-refractivity contribution in [2.75, 3.05) is 27.7 Å². The number of phenols is 1. The minimum Gasteiger partial charge on any atom is -0.508 e. The zero-order chi connectivity index (χ0) is 24.7. The van der Waals surface area contributed by atoms with Gasteiger partial charge in [-0.25, -0.2) is 4.79 Å². The minimum absolute atomic E-state index is 0.182. The van der Waals surface area contributed by atoms with Crippen LogP contribution in [0, 0.1) is 0 Å². The monoisotopic (exact) mass is 464 g/mol. The minimum atomic E-state index is -1.06. The number of carboxylic acid groups (broad SMARTS) is 1. The van der Waals surface area contributed by atoms with Crippen molar-refractivity contribution in [2.24, 2.45) is 0 Å². The van der Waals surface area contributed by atoms with Crippen molar-refractivity contribution < 1.29 is 19.8 Å². The van der Waals surface area contributed by atoms with Crippen molar-refractivity contribution in [3.05, 3.63) is 71.3 Å². The van der Waals surface area contributed by atoms with Crippen molar-refractivity contribution in [1.82, 2.24) is 14.7 Å². The second kappa shape index (κ2) is 8.89. The van der Waals surface area contributed by atoms with E-state index in [-0.39, 0.29) is 29.7 Å². The largest absolute Gasteiger partial charge is 0.508 e. The van der Waals surface area contributed by atoms with Gasteiger partial charge in [0, 0.05) is 30.2 Å². The Morgan fingerprint density at radius 1 is 1.24 bits per heavy atom. The first kappa shape index (κ1) is 24.0. The lowest BCUT2D eigenvalue weighted by Crippen LogP contribution is -2.57. The van der Waals surface area contributed by atoms with Gasteiger partial charge in [0.15, 0.2) is 6.17 Å². The van der Waals surface area contributed by atoms with E-state index in [1.54, 1.807) is 13.0 Å². The van der Waals surface area contributed by atoms with Gasteiger partial charge >= 0.3 is 5.97 Å². The fraction of sp³-hybridized carbons (Fsp3) is 0.407. The number of carbonyl (C=O) groups excluding carboxylic acids is 1. The SMILES string of the molecule is C/C(=C\C[C@@]12CCN(C)[C@@H]1[N+](C)(C)c1ccc(O)cc12)C(=O)N[C@@H](Cc1ccccc1)C(=O)O. The van der Waals surface area contributed by atoms with Crippen molar-refractivity contribution in [3.63, 3.8) is 0 Å². The molecular weight excluding hydrogens is 430 g/mol. The lowest BCUT2D eigenvalue weighted by atomic mass is 9.75. The molecule has 3 N–H and O–H groups in total. The highest BCUT2D eigenvalue weighted by molar-refractivity contribution is 5.95. The number of phenolic OH excluding ortho intramolecular Hbond substituents is 1. The Morgan fingerprint density at radius 2 is 1.94 bits per heavy atom. The van der Waals surface area contributed by atoms with E-state index in [9.17, 15) is 19.8 Å². The Bertz CT molecular complexity index is 1130. The van der Waals surface area contributed by atoms with E-state index in [1.165, 1.54) is 5.69 Å². The topological polar surface area (TPSA) is 89.9 Å². The fourth-order valence-corrected chi connectivity index (χ4v) is 6.06. The zero-order valence-corrected chi connectivity index (χ0v) is 20.3. The van der Waals surface area contributed by atoms with E-state index < -0.39 is 12.0 Å². The first-order valence-corrected chi connectivity index (χ1v) is 11.7. The van der Waals surface area contributed by atoms with Gasteiger partial charge in [0.1, 0.15) is 17.5 Å². The van der Waals surface area contributed by atoms with Gasteiger partial charge in [0.05, 0.1) is 19.5 Å². The normalized spacial score (nSPS) is 24.4. The molecule has 2 aromatic carbocycles. The van der Waals surface area contributed by atoms with Crippen LogP contribution >= 0.6 is 0 Å². The highest BCUT2D eigenvalue weighted by atomic mass is 16.4. The lowest BCUT2D eigenvalue weighted by Gasteiger charge is -2.38. The number of aromatic hydroxyl groups is 1. The number of quaternary nitrogens is 1. The highest BCUT2D eigenvalue weighted by Gasteiger charge is 2.62. The van der Waals surface area contributed by atoms with Crippen molar-refractivity contribution in [2.45, 2.75) is 43.8 Å². The van der Waals surface area contributed by atoms with E-state index >= 15 is 0 Å². The average Bonchev–Trinajstić information content (AvgIpc) is 3.23. The molecule has 7 nitrogen and oxygen atoms in total. The molecular formula is C27H34N3O4+. The summed E-state index contributed by atoms with van der Waals surface area (Å²) < 4.78 is 0.684. The molecule has 0 unspecified atom stereocenters. The molecule has 2 aromatic rings. The molecule has 1 amide bonds. The summed E-state index contributed by atoms with van der Waals surface area (Å²) in [4.78, 5) is 27.1. The van der Waals surface area contributed by atoms with Crippen LogP contribution in [0.2, 0.25) is 0 Å². The third kappa shape index (κ3) is 4.10. The quantitative estimate of drug-likeness (QED) is 0.433. The maximum atomic E-state index is 12.9. The van der Waals surface area contributed by atoms with Crippen molar-refractivity contribution in [1.29, 1.82) is 0 Å². The molecule has 180 valence electrons. The van der Waals surface area contributed by atoms with E-state index in [2.05, 4.69) is 31.4 Å². The molecule has 0 aromatic heterocycles. The smallest absolute Gasteiger partial charge is 0.326 e. The van der Waals surface area contributed by atoms with Crippen LogP contribution in [-0.4, -0.2) is 66.9 Å². The van der Waals surface area contributed by atoms with Crippen molar-refractivity contribution in [3.8, 4) is 5.75 Å². The summed E-state index contributed by atoms with van der Waals surface area (Å²) in [6, 6.07) is 13.9. The summed E-state index contributed by atoms with van der Waals surface area (Å²) in [5.41, 5.74) is 3.43. The van der Waals surface area contributed by atoms with Crippen LogP contribution in [0.5, 0.6) is 5.75 Å². The van der Waals surface area contributed by atoms with Gasteiger partial charge in [0.25, 0.3) is 0 Å². The number of benzene rings is 2. The van der Waals surface area contributed by atoms with Crippen LogP contribution in [0.15, 0.2) is 60.2 Å². The number of carbonyl (C=O) groups is 2. The predicted molar refractivity (Wildman–Crippen MR) is 133 cm³/mol. The van der Waals surface area contributed by atoms with Crippen LogP contribution in [0.4, 0.5) is 5.69 Å². The summed E-state index contributed by atoms with van der Waals surface area (Å²) in [6.07, 6.45) is 3.90. The molecule has 4 rings (SSSR count). The number of likely N-dealkylation sites (N-methyl/N-ethyl adjacent to an activating group) is 2. The van der Waals surface area contributed by atoms with E-state index in [0.29, 0.717) is 16.5 Å². The molecule has 1 fully saturated rings. The Kier molecular flexibility index (Phi) is 6.27. The lowest BCUT2D eigenvalue weighted by molar-refractivity contribution is -0.141.